The van der Waals surface area contributed by atoms with E-state index in [0.29, 0.717) is 0 Å². The van der Waals surface area contributed by atoms with E-state index in [-0.39, 0.29) is 10.8 Å². The summed E-state index contributed by atoms with van der Waals surface area (Å²) in [5.41, 5.74) is 7.03. The molecule has 0 atom stereocenters. The number of hydrogen-bond acceptors (Lipinski definition) is 0. The lowest BCUT2D eigenvalue weighted by Gasteiger charge is -2.18. The van der Waals surface area contributed by atoms with Gasteiger partial charge in [-0.15, -0.1) is 0 Å². The predicted molar refractivity (Wildman–Crippen MR) is 122 cm³/mol. The van der Waals surface area contributed by atoms with E-state index in [9.17, 15) is 0 Å². The van der Waals surface area contributed by atoms with Gasteiger partial charge < -0.3 is 0 Å². The molecule has 0 N–H and O–H groups in total. The Morgan fingerprint density at radius 1 is 0.556 bits per heavy atom. The van der Waals surface area contributed by atoms with Crippen LogP contribution in [0.2, 0.25) is 0 Å². The molecule has 0 fully saturated rings. The maximum absolute atomic E-state index is 2.30. The van der Waals surface area contributed by atoms with Crippen LogP contribution in [-0.4, -0.2) is 0 Å². The van der Waals surface area contributed by atoms with Crippen LogP contribution in [0.25, 0.3) is 20.9 Å². The highest BCUT2D eigenvalue weighted by molar-refractivity contribution is 7.18. The van der Waals surface area contributed by atoms with Crippen molar-refractivity contribution >= 4 is 11.3 Å². The van der Waals surface area contributed by atoms with Gasteiger partial charge in [-0.05, 0) is 58.7 Å². The Morgan fingerprint density at radius 3 is 1.19 bits per heavy atom. The van der Waals surface area contributed by atoms with Crippen molar-refractivity contribution in [2.75, 3.05) is 0 Å². The summed E-state index contributed by atoms with van der Waals surface area (Å²) >= 11 is 1.87. The van der Waals surface area contributed by atoms with Crippen molar-refractivity contribution in [1.82, 2.24) is 0 Å². The van der Waals surface area contributed by atoms with Crippen LogP contribution in [0.15, 0.2) is 60.7 Å². The fourth-order valence-corrected chi connectivity index (χ4v) is 4.42. The Labute approximate surface area is 168 Å². The van der Waals surface area contributed by atoms with Gasteiger partial charge in [0.15, 0.2) is 0 Å². The van der Waals surface area contributed by atoms with Gasteiger partial charge in [-0.25, -0.2) is 0 Å². The van der Waals surface area contributed by atoms with Gasteiger partial charge in [0.05, 0.1) is 0 Å². The fourth-order valence-electron chi connectivity index (χ4n) is 3.19. The van der Waals surface area contributed by atoms with E-state index >= 15 is 0 Å². The first-order valence-corrected chi connectivity index (χ1v) is 10.5. The highest BCUT2D eigenvalue weighted by Gasteiger charge is 2.20. The lowest BCUT2D eigenvalue weighted by Crippen LogP contribution is -2.10. The summed E-state index contributed by atoms with van der Waals surface area (Å²) in [7, 11) is 0. The van der Waals surface area contributed by atoms with Crippen molar-refractivity contribution in [2.24, 2.45) is 0 Å². The average molecular weight is 376 g/mol. The van der Waals surface area contributed by atoms with Gasteiger partial charge in [0, 0.05) is 23.3 Å². The molecular formula is C26H31S+. The second-order valence-electron chi connectivity index (χ2n) is 9.52. The molecule has 27 heavy (non-hydrogen) atoms. The van der Waals surface area contributed by atoms with Crippen LogP contribution in [-0.2, 0) is 10.8 Å². The first kappa shape index (κ1) is 19.8. The molecule has 0 radical (unpaired) electrons. The third-order valence-electron chi connectivity index (χ3n) is 5.01. The molecule has 0 bridgehead atoms. The second-order valence-corrected chi connectivity index (χ2v) is 10.6. The molecule has 0 nitrogen and oxygen atoms in total. The maximum Gasteiger partial charge on any atom is 0.238 e. The summed E-state index contributed by atoms with van der Waals surface area (Å²) in [6, 6.07) is 22.7. The summed E-state index contributed by atoms with van der Waals surface area (Å²) in [5.74, 6) is 0. The molecule has 0 spiro atoms. The molecule has 140 valence electrons. The van der Waals surface area contributed by atoms with E-state index < -0.39 is 0 Å². The molecule has 0 saturated heterocycles. The molecule has 0 aliphatic rings. The van der Waals surface area contributed by atoms with Crippen molar-refractivity contribution in [3.8, 4) is 20.9 Å². The molecule has 0 saturated carbocycles. The van der Waals surface area contributed by atoms with Crippen LogP contribution in [0, 0.1) is 6.92 Å². The molecule has 0 aliphatic carbocycles. The van der Waals surface area contributed by atoms with Gasteiger partial charge in [0.2, 0.25) is 21.1 Å². The highest BCUT2D eigenvalue weighted by atomic mass is 32.1. The monoisotopic (exact) mass is 375 g/mol. The Bertz CT molecular complexity index is 842. The van der Waals surface area contributed by atoms with Crippen molar-refractivity contribution in [2.45, 2.75) is 59.3 Å². The molecule has 1 heterocycles. The number of aryl methyl sites for hydroxylation is 1. The fraction of sp³-hybridized carbons (Fsp3) is 0.346. The van der Waals surface area contributed by atoms with Gasteiger partial charge in [-0.3, -0.25) is 0 Å². The third-order valence-corrected chi connectivity index (χ3v) is 6.16. The minimum absolute atomic E-state index is 0.189. The van der Waals surface area contributed by atoms with E-state index in [1.54, 1.807) is 0 Å². The van der Waals surface area contributed by atoms with Crippen LogP contribution >= 0.6 is 11.3 Å². The molecular weight excluding hydrogens is 344 g/mol. The molecule has 1 aromatic heterocycles. The quantitative estimate of drug-likeness (QED) is 0.395. The summed E-state index contributed by atoms with van der Waals surface area (Å²) in [5, 5.41) is 0. The highest BCUT2D eigenvalue weighted by Crippen LogP contribution is 2.35. The average Bonchev–Trinajstić information content (AvgIpc) is 2.60. The van der Waals surface area contributed by atoms with Crippen LogP contribution in [0.5, 0.6) is 0 Å². The van der Waals surface area contributed by atoms with Gasteiger partial charge in [0.25, 0.3) is 0 Å². The zero-order chi connectivity index (χ0) is 19.8. The summed E-state index contributed by atoms with van der Waals surface area (Å²) < 4.78 is 0. The van der Waals surface area contributed by atoms with Crippen LogP contribution in [0.3, 0.4) is 0 Å². The van der Waals surface area contributed by atoms with Gasteiger partial charge in [-0.1, -0.05) is 65.8 Å². The third kappa shape index (κ3) is 4.65. The maximum atomic E-state index is 2.30. The topological polar surface area (TPSA) is 0 Å². The largest absolute Gasteiger partial charge is 0.238 e. The van der Waals surface area contributed by atoms with Crippen LogP contribution < -0.4 is 0 Å². The van der Waals surface area contributed by atoms with E-state index in [4.69, 9.17) is 0 Å². The summed E-state index contributed by atoms with van der Waals surface area (Å²) in [6.45, 7) is 15.8. The molecule has 3 aromatic rings. The minimum Gasteiger partial charge on any atom is -0.0577 e. The Morgan fingerprint density at radius 2 is 0.889 bits per heavy atom. The normalized spacial score (nSPS) is 12.3. The predicted octanol–water partition coefficient (Wildman–Crippen LogP) is 8.27. The zero-order valence-electron chi connectivity index (χ0n) is 17.7. The molecule has 1 heteroatoms. The van der Waals surface area contributed by atoms with Gasteiger partial charge in [0.1, 0.15) is 0 Å². The Kier molecular flexibility index (Phi) is 5.27. The van der Waals surface area contributed by atoms with Crippen molar-refractivity contribution in [3.63, 3.8) is 0 Å². The van der Waals surface area contributed by atoms with Gasteiger partial charge in [-0.2, -0.15) is 0 Å². The van der Waals surface area contributed by atoms with Crippen molar-refractivity contribution in [3.05, 3.63) is 77.4 Å². The lowest BCUT2D eigenvalue weighted by atomic mass is 9.86. The molecule has 3 rings (SSSR count). The number of hydrogen-bond donors (Lipinski definition) is 0. The van der Waals surface area contributed by atoms with Crippen LogP contribution in [0.4, 0.5) is 0 Å². The van der Waals surface area contributed by atoms with Gasteiger partial charge >= 0.3 is 0 Å². The standard InChI is InChI=1S/C26H31S/c1-18-16-23(19-8-12-21(13-9-19)25(2,3)4)27-24(17-18)20-10-14-22(15-11-20)26(5,6)7/h8-17H,1-7H3/q+1. The molecule has 0 amide bonds. The van der Waals surface area contributed by atoms with E-state index in [1.807, 2.05) is 11.3 Å². The Balaban J connectivity index is 1.97. The first-order valence-electron chi connectivity index (χ1n) is 9.71. The lowest BCUT2D eigenvalue weighted by molar-refractivity contribution is 0.590. The second kappa shape index (κ2) is 7.20. The van der Waals surface area contributed by atoms with E-state index in [0.717, 1.165) is 0 Å². The van der Waals surface area contributed by atoms with Crippen LogP contribution in [0.1, 0.15) is 58.2 Å². The summed E-state index contributed by atoms with van der Waals surface area (Å²) in [6.07, 6.45) is 0. The van der Waals surface area contributed by atoms with Crippen molar-refractivity contribution < 1.29 is 0 Å². The molecule has 0 unspecified atom stereocenters. The number of benzene rings is 2. The summed E-state index contributed by atoms with van der Waals surface area (Å²) in [4.78, 5) is 2.65. The smallest absolute Gasteiger partial charge is 0.0577 e. The first-order chi connectivity index (χ1) is 12.5. The van der Waals surface area contributed by atoms with Crippen molar-refractivity contribution in [1.29, 1.82) is 0 Å². The Hall–Kier alpha value is -1.99. The SMILES string of the molecule is Cc1cc(-c2ccc(C(C)(C)C)cc2)[s+]c(-c2ccc(C(C)(C)C)cc2)c1. The van der Waals surface area contributed by atoms with E-state index in [1.165, 1.54) is 37.6 Å². The molecule has 2 aromatic carbocycles. The zero-order valence-corrected chi connectivity index (χ0v) is 18.5. The molecule has 0 aliphatic heterocycles. The van der Waals surface area contributed by atoms with E-state index in [2.05, 4.69) is 109 Å². The number of rotatable bonds is 2. The minimum atomic E-state index is 0.189.